The molecule has 104 valence electrons. The lowest BCUT2D eigenvalue weighted by molar-refractivity contribution is -0.0336. The van der Waals surface area contributed by atoms with E-state index in [1.807, 2.05) is 30.3 Å². The Hall–Kier alpha value is -1.49. The van der Waals surface area contributed by atoms with Gasteiger partial charge in [0, 0.05) is 30.5 Å². The smallest absolute Gasteiger partial charge is 0.142 e. The molecule has 2 heterocycles. The second kappa shape index (κ2) is 6.31. The standard InChI is InChI=1S/C15H16ClN3O/c16-13-4-2-12(3-5-13)14-10-19(8-9-20-14)11-15-17-6-1-7-18-15/h1-7,14H,8-11H2. The number of benzene rings is 1. The van der Waals surface area contributed by atoms with Crippen LogP contribution < -0.4 is 0 Å². The molecule has 2 aromatic rings. The van der Waals surface area contributed by atoms with Crippen LogP contribution in [0.4, 0.5) is 0 Å². The minimum atomic E-state index is 0.0877. The Labute approximate surface area is 123 Å². The lowest BCUT2D eigenvalue weighted by atomic mass is 10.1. The van der Waals surface area contributed by atoms with Crippen molar-refractivity contribution in [2.24, 2.45) is 0 Å². The van der Waals surface area contributed by atoms with Crippen LogP contribution in [-0.2, 0) is 11.3 Å². The zero-order valence-electron chi connectivity index (χ0n) is 11.1. The molecule has 0 radical (unpaired) electrons. The molecule has 20 heavy (non-hydrogen) atoms. The van der Waals surface area contributed by atoms with E-state index in [4.69, 9.17) is 16.3 Å². The maximum absolute atomic E-state index is 5.92. The molecule has 1 aromatic carbocycles. The third-order valence-electron chi connectivity index (χ3n) is 3.38. The topological polar surface area (TPSA) is 38.2 Å². The highest BCUT2D eigenvalue weighted by atomic mass is 35.5. The molecule has 1 saturated heterocycles. The monoisotopic (exact) mass is 289 g/mol. The zero-order valence-corrected chi connectivity index (χ0v) is 11.8. The summed E-state index contributed by atoms with van der Waals surface area (Å²) in [7, 11) is 0. The summed E-state index contributed by atoms with van der Waals surface area (Å²) in [6.45, 7) is 3.23. The van der Waals surface area contributed by atoms with Crippen molar-refractivity contribution in [1.82, 2.24) is 14.9 Å². The van der Waals surface area contributed by atoms with Gasteiger partial charge in [-0.3, -0.25) is 4.90 Å². The Kier molecular flexibility index (Phi) is 4.25. The fourth-order valence-corrected chi connectivity index (χ4v) is 2.46. The summed E-state index contributed by atoms with van der Waals surface area (Å²) in [5.41, 5.74) is 1.16. The van der Waals surface area contributed by atoms with Crippen LogP contribution in [0, 0.1) is 0 Å². The number of morpholine rings is 1. The highest BCUT2D eigenvalue weighted by molar-refractivity contribution is 6.30. The third kappa shape index (κ3) is 3.33. The quantitative estimate of drug-likeness (QED) is 0.871. The van der Waals surface area contributed by atoms with Crippen molar-refractivity contribution in [2.45, 2.75) is 12.6 Å². The van der Waals surface area contributed by atoms with Crippen molar-refractivity contribution in [3.8, 4) is 0 Å². The van der Waals surface area contributed by atoms with E-state index in [0.29, 0.717) is 0 Å². The first-order chi connectivity index (χ1) is 9.81. The molecule has 3 rings (SSSR count). The van der Waals surface area contributed by atoms with Gasteiger partial charge < -0.3 is 4.74 Å². The van der Waals surface area contributed by atoms with Gasteiger partial charge in [0.25, 0.3) is 0 Å². The van der Waals surface area contributed by atoms with Gasteiger partial charge in [-0.2, -0.15) is 0 Å². The van der Waals surface area contributed by atoms with Crippen LogP contribution in [0.2, 0.25) is 5.02 Å². The molecule has 0 amide bonds. The van der Waals surface area contributed by atoms with E-state index < -0.39 is 0 Å². The fraction of sp³-hybridized carbons (Fsp3) is 0.333. The summed E-state index contributed by atoms with van der Waals surface area (Å²) in [6.07, 6.45) is 3.64. The average molecular weight is 290 g/mol. The minimum absolute atomic E-state index is 0.0877. The molecule has 1 unspecified atom stereocenters. The summed E-state index contributed by atoms with van der Waals surface area (Å²) in [6, 6.07) is 9.68. The summed E-state index contributed by atoms with van der Waals surface area (Å²) in [5.74, 6) is 0.851. The average Bonchev–Trinajstić information content (AvgIpc) is 2.49. The first-order valence-electron chi connectivity index (χ1n) is 6.66. The lowest BCUT2D eigenvalue weighted by Crippen LogP contribution is -2.38. The maximum Gasteiger partial charge on any atom is 0.142 e. The van der Waals surface area contributed by atoms with Gasteiger partial charge in [-0.05, 0) is 23.8 Å². The highest BCUT2D eigenvalue weighted by Gasteiger charge is 2.22. The summed E-state index contributed by atoms with van der Waals surface area (Å²) in [4.78, 5) is 10.9. The van der Waals surface area contributed by atoms with Gasteiger partial charge >= 0.3 is 0 Å². The SMILES string of the molecule is Clc1ccc(C2CN(Cc3ncccn3)CCO2)cc1. The van der Waals surface area contributed by atoms with Gasteiger partial charge in [0.15, 0.2) is 0 Å². The number of hydrogen-bond acceptors (Lipinski definition) is 4. The van der Waals surface area contributed by atoms with Crippen molar-refractivity contribution >= 4 is 11.6 Å². The molecule has 5 heteroatoms. The summed E-state index contributed by atoms with van der Waals surface area (Å²) >= 11 is 5.92. The van der Waals surface area contributed by atoms with Crippen molar-refractivity contribution in [3.05, 3.63) is 59.1 Å². The minimum Gasteiger partial charge on any atom is -0.371 e. The largest absolute Gasteiger partial charge is 0.371 e. The van der Waals surface area contributed by atoms with Crippen LogP contribution >= 0.6 is 11.6 Å². The Morgan fingerprint density at radius 2 is 1.95 bits per heavy atom. The number of hydrogen-bond donors (Lipinski definition) is 0. The molecule has 0 spiro atoms. The predicted molar refractivity (Wildman–Crippen MR) is 77.5 cm³/mol. The molecule has 0 saturated carbocycles. The Bertz CT molecular complexity index is 547. The molecule has 0 N–H and O–H groups in total. The number of halogens is 1. The van der Waals surface area contributed by atoms with Gasteiger partial charge in [0.05, 0.1) is 19.3 Å². The van der Waals surface area contributed by atoms with E-state index in [1.165, 1.54) is 0 Å². The summed E-state index contributed by atoms with van der Waals surface area (Å²) < 4.78 is 5.85. The molecule has 1 aliphatic heterocycles. The second-order valence-corrected chi connectivity index (χ2v) is 5.25. The van der Waals surface area contributed by atoms with Crippen molar-refractivity contribution in [3.63, 3.8) is 0 Å². The highest BCUT2D eigenvalue weighted by Crippen LogP contribution is 2.24. The zero-order chi connectivity index (χ0) is 13.8. The van der Waals surface area contributed by atoms with Gasteiger partial charge in [-0.15, -0.1) is 0 Å². The van der Waals surface area contributed by atoms with Crippen LogP contribution in [0.1, 0.15) is 17.5 Å². The van der Waals surface area contributed by atoms with E-state index in [1.54, 1.807) is 12.4 Å². The normalized spacial score (nSPS) is 19.9. The van der Waals surface area contributed by atoms with Gasteiger partial charge in [-0.1, -0.05) is 23.7 Å². The van der Waals surface area contributed by atoms with Crippen LogP contribution in [0.5, 0.6) is 0 Å². The first kappa shape index (κ1) is 13.5. The number of aromatic nitrogens is 2. The predicted octanol–water partition coefficient (Wildman–Crippen LogP) is 2.70. The summed E-state index contributed by atoms with van der Waals surface area (Å²) in [5, 5.41) is 0.749. The molecular weight excluding hydrogens is 274 g/mol. The van der Waals surface area contributed by atoms with E-state index in [2.05, 4.69) is 14.9 Å². The fourth-order valence-electron chi connectivity index (χ4n) is 2.34. The number of nitrogens with zero attached hydrogens (tertiary/aromatic N) is 3. The van der Waals surface area contributed by atoms with E-state index in [-0.39, 0.29) is 6.10 Å². The van der Waals surface area contributed by atoms with Gasteiger partial charge in [0.1, 0.15) is 5.82 Å². The van der Waals surface area contributed by atoms with E-state index >= 15 is 0 Å². The molecule has 1 aliphatic rings. The molecule has 0 bridgehead atoms. The van der Waals surface area contributed by atoms with Gasteiger partial charge in [0.2, 0.25) is 0 Å². The first-order valence-corrected chi connectivity index (χ1v) is 7.04. The molecule has 0 aliphatic carbocycles. The molecular formula is C15H16ClN3O. The molecule has 1 aromatic heterocycles. The van der Waals surface area contributed by atoms with Crippen LogP contribution in [0.25, 0.3) is 0 Å². The van der Waals surface area contributed by atoms with Crippen molar-refractivity contribution < 1.29 is 4.74 Å². The Morgan fingerprint density at radius 1 is 1.20 bits per heavy atom. The number of rotatable bonds is 3. The second-order valence-electron chi connectivity index (χ2n) is 4.81. The maximum atomic E-state index is 5.92. The molecule has 4 nitrogen and oxygen atoms in total. The van der Waals surface area contributed by atoms with Crippen LogP contribution in [-0.4, -0.2) is 34.6 Å². The van der Waals surface area contributed by atoms with Gasteiger partial charge in [-0.25, -0.2) is 9.97 Å². The van der Waals surface area contributed by atoms with Crippen molar-refractivity contribution in [1.29, 1.82) is 0 Å². The lowest BCUT2D eigenvalue weighted by Gasteiger charge is -2.32. The molecule has 1 fully saturated rings. The van der Waals surface area contributed by atoms with Crippen LogP contribution in [0.3, 0.4) is 0 Å². The third-order valence-corrected chi connectivity index (χ3v) is 3.63. The van der Waals surface area contributed by atoms with E-state index in [0.717, 1.165) is 42.7 Å². The Balaban J connectivity index is 1.66. The van der Waals surface area contributed by atoms with Crippen molar-refractivity contribution in [2.75, 3.05) is 19.7 Å². The Morgan fingerprint density at radius 3 is 2.70 bits per heavy atom. The van der Waals surface area contributed by atoms with E-state index in [9.17, 15) is 0 Å². The number of ether oxygens (including phenoxy) is 1. The molecule has 1 atom stereocenters. The van der Waals surface area contributed by atoms with Crippen LogP contribution in [0.15, 0.2) is 42.7 Å².